The van der Waals surface area contributed by atoms with Gasteiger partial charge in [-0.2, -0.15) is 10.2 Å². The molecule has 0 bridgehead atoms. The molecule has 2 amide bonds. The van der Waals surface area contributed by atoms with Crippen molar-refractivity contribution in [2.24, 2.45) is 13.0 Å². The number of nitrogens with one attached hydrogen (secondary N) is 2. The van der Waals surface area contributed by atoms with Crippen molar-refractivity contribution in [1.82, 2.24) is 24.9 Å². The molecule has 1 fully saturated rings. The molecule has 3 aromatic heterocycles. The molecule has 0 saturated heterocycles. The van der Waals surface area contributed by atoms with Crippen LogP contribution in [0.5, 0.6) is 5.75 Å². The third-order valence-electron chi connectivity index (χ3n) is 6.68. The first-order valence-electron chi connectivity index (χ1n) is 12.2. The number of carbonyl (C=O) groups is 2. The summed E-state index contributed by atoms with van der Waals surface area (Å²) in [5.74, 6) is 0.770. The molecule has 36 heavy (non-hydrogen) atoms. The van der Waals surface area contributed by atoms with Crippen LogP contribution < -0.4 is 15.4 Å². The Morgan fingerprint density at radius 3 is 2.75 bits per heavy atom. The minimum absolute atomic E-state index is 0.211. The summed E-state index contributed by atoms with van der Waals surface area (Å²) < 4.78 is 8.88. The van der Waals surface area contributed by atoms with E-state index < -0.39 is 6.04 Å². The highest BCUT2D eigenvalue weighted by atomic mass is 32.1. The van der Waals surface area contributed by atoms with E-state index in [0.29, 0.717) is 29.4 Å². The highest BCUT2D eigenvalue weighted by molar-refractivity contribution is 7.14. The Labute approximate surface area is 213 Å². The number of methoxy groups -OCH3 is 1. The average molecular weight is 507 g/mol. The summed E-state index contributed by atoms with van der Waals surface area (Å²) in [5.41, 5.74) is 1.59. The summed E-state index contributed by atoms with van der Waals surface area (Å²) in [5, 5.41) is 15.5. The molecule has 10 heteroatoms. The van der Waals surface area contributed by atoms with E-state index in [9.17, 15) is 9.59 Å². The van der Waals surface area contributed by atoms with Crippen molar-refractivity contribution in [2.75, 3.05) is 12.4 Å². The molecule has 2 N–H and O–H groups in total. The van der Waals surface area contributed by atoms with Gasteiger partial charge in [0.1, 0.15) is 11.8 Å². The lowest BCUT2D eigenvalue weighted by atomic mass is 9.97. The summed E-state index contributed by atoms with van der Waals surface area (Å²) in [7, 11) is 3.44. The molecule has 1 atom stereocenters. The van der Waals surface area contributed by atoms with Crippen LogP contribution in [0.4, 0.5) is 5.69 Å². The van der Waals surface area contributed by atoms with Crippen molar-refractivity contribution in [3.05, 3.63) is 58.7 Å². The highest BCUT2D eigenvalue weighted by Crippen LogP contribution is 2.29. The van der Waals surface area contributed by atoms with Gasteiger partial charge in [0, 0.05) is 29.6 Å². The van der Waals surface area contributed by atoms with Crippen LogP contribution in [-0.2, 0) is 18.4 Å². The first-order chi connectivity index (χ1) is 17.5. The minimum Gasteiger partial charge on any atom is -0.497 e. The molecular weight excluding hydrogens is 476 g/mol. The number of benzene rings is 1. The van der Waals surface area contributed by atoms with Crippen LogP contribution in [0.2, 0.25) is 0 Å². The van der Waals surface area contributed by atoms with Gasteiger partial charge in [-0.1, -0.05) is 25.7 Å². The van der Waals surface area contributed by atoms with Crippen molar-refractivity contribution in [2.45, 2.75) is 44.7 Å². The van der Waals surface area contributed by atoms with Crippen LogP contribution in [0.3, 0.4) is 0 Å². The normalized spacial score (nSPS) is 14.7. The molecule has 0 spiro atoms. The Morgan fingerprint density at radius 2 is 2.00 bits per heavy atom. The van der Waals surface area contributed by atoms with E-state index in [1.807, 2.05) is 41.2 Å². The lowest BCUT2D eigenvalue weighted by Crippen LogP contribution is -2.44. The Hall–Kier alpha value is -3.66. The SMILES string of the molecule is COc1ccc2cnn(Cc3ccc(C(=O)N[C@@H](CC4CCCC4)C(=O)Nc4cnn(C)c4)s3)c2c1. The third-order valence-corrected chi connectivity index (χ3v) is 7.75. The average Bonchev–Trinajstić information content (AvgIpc) is 3.68. The molecule has 188 valence electrons. The van der Waals surface area contributed by atoms with Crippen LogP contribution >= 0.6 is 11.3 Å². The van der Waals surface area contributed by atoms with Gasteiger partial charge >= 0.3 is 0 Å². The largest absolute Gasteiger partial charge is 0.497 e. The molecule has 1 aliphatic carbocycles. The number of thiophene rings is 1. The van der Waals surface area contributed by atoms with Gasteiger partial charge in [-0.3, -0.25) is 19.0 Å². The fraction of sp³-hybridized carbons (Fsp3) is 0.385. The third kappa shape index (κ3) is 5.43. The van der Waals surface area contributed by atoms with Gasteiger partial charge in [-0.05, 0) is 36.6 Å². The maximum absolute atomic E-state index is 13.2. The monoisotopic (exact) mass is 506 g/mol. The van der Waals surface area contributed by atoms with Crippen LogP contribution in [0, 0.1) is 5.92 Å². The molecule has 4 aromatic rings. The summed E-state index contributed by atoms with van der Waals surface area (Å²) >= 11 is 1.41. The van der Waals surface area contributed by atoms with Gasteiger partial charge in [0.15, 0.2) is 0 Å². The second kappa shape index (κ2) is 10.5. The molecule has 5 rings (SSSR count). The van der Waals surface area contributed by atoms with E-state index in [2.05, 4.69) is 20.8 Å². The molecule has 1 aliphatic rings. The Kier molecular flexibility index (Phi) is 7.04. The van der Waals surface area contributed by atoms with Gasteiger partial charge in [0.05, 0.1) is 42.1 Å². The van der Waals surface area contributed by atoms with E-state index in [-0.39, 0.29) is 11.8 Å². The molecule has 0 radical (unpaired) electrons. The van der Waals surface area contributed by atoms with Crippen molar-refractivity contribution in [3.63, 3.8) is 0 Å². The number of fused-ring (bicyclic) bond motifs is 1. The predicted molar refractivity (Wildman–Crippen MR) is 139 cm³/mol. The van der Waals surface area contributed by atoms with Crippen LogP contribution in [0.15, 0.2) is 48.9 Å². The standard InChI is InChI=1S/C26H30N6O3S/c1-31-15-19(14-27-31)29-25(33)22(11-17-5-3-4-6-17)30-26(34)24-10-9-21(36-24)16-32-23-12-20(35-2)8-7-18(23)13-28-32/h7-10,12-15,17,22H,3-6,11,16H2,1-2H3,(H,29,33)(H,30,34)/t22-/m0/s1. The number of hydrogen-bond donors (Lipinski definition) is 2. The molecule has 3 heterocycles. The Balaban J connectivity index is 1.28. The molecule has 9 nitrogen and oxygen atoms in total. The van der Waals surface area contributed by atoms with E-state index >= 15 is 0 Å². The van der Waals surface area contributed by atoms with E-state index in [0.717, 1.165) is 34.4 Å². The number of nitrogens with zero attached hydrogens (tertiary/aromatic N) is 4. The van der Waals surface area contributed by atoms with Gasteiger partial charge in [-0.15, -0.1) is 11.3 Å². The highest BCUT2D eigenvalue weighted by Gasteiger charge is 2.27. The number of hydrogen-bond acceptors (Lipinski definition) is 6. The molecule has 0 aliphatic heterocycles. The van der Waals surface area contributed by atoms with Crippen LogP contribution in [0.25, 0.3) is 10.9 Å². The van der Waals surface area contributed by atoms with Gasteiger partial charge in [0.2, 0.25) is 5.91 Å². The van der Waals surface area contributed by atoms with Crippen molar-refractivity contribution < 1.29 is 14.3 Å². The number of amides is 2. The number of ether oxygens (including phenoxy) is 1. The van der Waals surface area contributed by atoms with Gasteiger partial charge in [-0.25, -0.2) is 0 Å². The lowest BCUT2D eigenvalue weighted by Gasteiger charge is -2.21. The van der Waals surface area contributed by atoms with Gasteiger partial charge < -0.3 is 15.4 Å². The van der Waals surface area contributed by atoms with Crippen LogP contribution in [-0.4, -0.2) is 44.5 Å². The smallest absolute Gasteiger partial charge is 0.262 e. The molecule has 0 unspecified atom stereocenters. The van der Waals surface area contributed by atoms with E-state index in [1.54, 1.807) is 31.2 Å². The lowest BCUT2D eigenvalue weighted by molar-refractivity contribution is -0.118. The number of rotatable bonds is 9. The van der Waals surface area contributed by atoms with E-state index in [1.165, 1.54) is 24.2 Å². The summed E-state index contributed by atoms with van der Waals surface area (Å²) in [6.45, 7) is 0.543. The first-order valence-corrected chi connectivity index (χ1v) is 13.0. The number of aromatic nitrogens is 4. The second-order valence-corrected chi connectivity index (χ2v) is 10.5. The summed E-state index contributed by atoms with van der Waals surface area (Å²) in [4.78, 5) is 27.8. The second-order valence-electron chi connectivity index (χ2n) is 9.30. The summed E-state index contributed by atoms with van der Waals surface area (Å²) in [6.07, 6.45) is 10.4. The minimum atomic E-state index is -0.603. The fourth-order valence-corrected chi connectivity index (χ4v) is 5.68. The maximum atomic E-state index is 13.2. The van der Waals surface area contributed by atoms with E-state index in [4.69, 9.17) is 4.74 Å². The van der Waals surface area contributed by atoms with Crippen molar-refractivity contribution >= 4 is 39.7 Å². The first kappa shape index (κ1) is 24.1. The number of aryl methyl sites for hydroxylation is 1. The zero-order chi connectivity index (χ0) is 25.1. The quantitative estimate of drug-likeness (QED) is 0.354. The van der Waals surface area contributed by atoms with Gasteiger partial charge in [0.25, 0.3) is 5.91 Å². The van der Waals surface area contributed by atoms with Crippen LogP contribution in [0.1, 0.15) is 46.7 Å². The molecular formula is C26H30N6O3S. The Bertz CT molecular complexity index is 1370. The zero-order valence-corrected chi connectivity index (χ0v) is 21.3. The maximum Gasteiger partial charge on any atom is 0.262 e. The number of carbonyl (C=O) groups excluding carboxylic acids is 2. The predicted octanol–water partition coefficient (Wildman–Crippen LogP) is 4.21. The zero-order valence-electron chi connectivity index (χ0n) is 20.4. The molecule has 1 saturated carbocycles. The fourth-order valence-electron chi connectivity index (χ4n) is 4.79. The summed E-state index contributed by atoms with van der Waals surface area (Å²) in [6, 6.07) is 8.99. The molecule has 1 aromatic carbocycles. The topological polar surface area (TPSA) is 103 Å². The Morgan fingerprint density at radius 1 is 1.17 bits per heavy atom. The van der Waals surface area contributed by atoms with Crippen molar-refractivity contribution in [3.8, 4) is 5.75 Å². The van der Waals surface area contributed by atoms with Crippen molar-refractivity contribution in [1.29, 1.82) is 0 Å². The number of anilines is 1.